The molecule has 3 rings (SSSR count). The van der Waals surface area contributed by atoms with Gasteiger partial charge in [-0.2, -0.15) is 0 Å². The van der Waals surface area contributed by atoms with Crippen LogP contribution in [0.5, 0.6) is 0 Å². The van der Waals surface area contributed by atoms with E-state index in [1.165, 1.54) is 0 Å². The Labute approximate surface area is 161 Å². The van der Waals surface area contributed by atoms with E-state index in [9.17, 15) is 14.7 Å². The van der Waals surface area contributed by atoms with Crippen molar-refractivity contribution in [1.29, 1.82) is 0 Å². The molecule has 27 heavy (non-hydrogen) atoms. The molecule has 5 nitrogen and oxygen atoms in total. The zero-order valence-electron chi connectivity index (χ0n) is 16.7. The maximum Gasteiger partial charge on any atom is 0.336 e. The molecule has 1 amide bonds. The van der Waals surface area contributed by atoms with E-state index in [-0.39, 0.29) is 35.5 Å². The van der Waals surface area contributed by atoms with Crippen LogP contribution >= 0.6 is 0 Å². The largest absolute Gasteiger partial charge is 0.478 e. The molecule has 2 fully saturated rings. The smallest absolute Gasteiger partial charge is 0.336 e. The van der Waals surface area contributed by atoms with Crippen LogP contribution < -0.4 is 5.32 Å². The van der Waals surface area contributed by atoms with Gasteiger partial charge >= 0.3 is 5.97 Å². The third-order valence-electron chi connectivity index (χ3n) is 6.29. The van der Waals surface area contributed by atoms with Crippen LogP contribution in [0.1, 0.15) is 75.4 Å². The molecule has 148 valence electrons. The van der Waals surface area contributed by atoms with Crippen LogP contribution in [0.25, 0.3) is 0 Å². The molecule has 2 N–H and O–H groups in total. The summed E-state index contributed by atoms with van der Waals surface area (Å²) in [5.41, 5.74) is 0.579. The third kappa shape index (κ3) is 4.03. The van der Waals surface area contributed by atoms with Crippen LogP contribution in [0.3, 0.4) is 0 Å². The molecule has 1 saturated heterocycles. The van der Waals surface area contributed by atoms with Crippen molar-refractivity contribution in [3.8, 4) is 0 Å². The Bertz CT molecular complexity index is 716. The van der Waals surface area contributed by atoms with Crippen molar-refractivity contribution < 1.29 is 19.4 Å². The lowest BCUT2D eigenvalue weighted by atomic mass is 9.66. The standard InChI is InChI=1S/C22H31NO4/c1-13(2)20(24)23-22(4)12-19(15-7-5-6-8-16(15)21(25)26)27-18-11-14(3)9-10-17(18)22/h5-8,13-14,17-19H,9-12H2,1-4H3,(H,23,24)(H,25,26)/t14-,17-,18-,19-,22+/m1/s1. The number of ether oxygens (including phenoxy) is 1. The van der Waals surface area contributed by atoms with Crippen LogP contribution in [0.2, 0.25) is 0 Å². The van der Waals surface area contributed by atoms with Gasteiger partial charge in [0.15, 0.2) is 0 Å². The lowest BCUT2D eigenvalue weighted by molar-refractivity contribution is -0.155. The molecule has 1 aliphatic carbocycles. The number of hydrogen-bond donors (Lipinski definition) is 2. The van der Waals surface area contributed by atoms with Gasteiger partial charge in [0, 0.05) is 23.8 Å². The first-order chi connectivity index (χ1) is 12.7. The molecule has 2 aliphatic rings. The van der Waals surface area contributed by atoms with E-state index in [4.69, 9.17) is 4.74 Å². The number of carbonyl (C=O) groups is 2. The van der Waals surface area contributed by atoms with Crippen LogP contribution in [-0.2, 0) is 9.53 Å². The number of benzene rings is 1. The quantitative estimate of drug-likeness (QED) is 0.830. The van der Waals surface area contributed by atoms with E-state index in [0.29, 0.717) is 17.9 Å². The molecule has 0 spiro atoms. The Morgan fingerprint density at radius 3 is 2.63 bits per heavy atom. The van der Waals surface area contributed by atoms with Gasteiger partial charge in [0.25, 0.3) is 0 Å². The average Bonchev–Trinajstić information content (AvgIpc) is 2.60. The predicted octanol–water partition coefficient (Wildman–Crippen LogP) is 4.18. The molecule has 1 saturated carbocycles. The summed E-state index contributed by atoms with van der Waals surface area (Å²) in [4.78, 5) is 24.2. The van der Waals surface area contributed by atoms with Gasteiger partial charge in [0.1, 0.15) is 0 Å². The highest BCUT2D eigenvalue weighted by Gasteiger charge is 2.50. The zero-order valence-corrected chi connectivity index (χ0v) is 16.7. The number of fused-ring (bicyclic) bond motifs is 1. The van der Waals surface area contributed by atoms with Gasteiger partial charge in [0.2, 0.25) is 5.91 Å². The second-order valence-electron chi connectivity index (χ2n) is 8.85. The molecule has 0 bridgehead atoms. The summed E-state index contributed by atoms with van der Waals surface area (Å²) in [5.74, 6) is -0.159. The third-order valence-corrected chi connectivity index (χ3v) is 6.29. The number of carboxylic acid groups (broad SMARTS) is 1. The molecule has 1 heterocycles. The van der Waals surface area contributed by atoms with Crippen molar-refractivity contribution in [3.05, 3.63) is 35.4 Å². The summed E-state index contributed by atoms with van der Waals surface area (Å²) >= 11 is 0. The Hall–Kier alpha value is -1.88. The minimum absolute atomic E-state index is 0.0341. The summed E-state index contributed by atoms with van der Waals surface area (Å²) in [6.07, 6.45) is 3.39. The maximum atomic E-state index is 12.5. The number of aromatic carboxylic acids is 1. The number of carbonyl (C=O) groups excluding carboxylic acids is 1. The van der Waals surface area contributed by atoms with Crippen LogP contribution in [0.4, 0.5) is 0 Å². The number of amides is 1. The predicted molar refractivity (Wildman–Crippen MR) is 104 cm³/mol. The minimum atomic E-state index is -0.943. The highest BCUT2D eigenvalue weighted by Crippen LogP contribution is 2.48. The second kappa shape index (κ2) is 7.63. The molecule has 0 aromatic heterocycles. The van der Waals surface area contributed by atoms with E-state index in [1.807, 2.05) is 26.0 Å². The van der Waals surface area contributed by atoms with E-state index in [2.05, 4.69) is 19.2 Å². The van der Waals surface area contributed by atoms with Crippen LogP contribution in [0.15, 0.2) is 24.3 Å². The van der Waals surface area contributed by atoms with Gasteiger partial charge in [-0.25, -0.2) is 4.79 Å². The Balaban J connectivity index is 1.96. The summed E-state index contributed by atoms with van der Waals surface area (Å²) in [6.45, 7) is 8.14. The molecule has 0 radical (unpaired) electrons. The van der Waals surface area contributed by atoms with E-state index < -0.39 is 11.5 Å². The lowest BCUT2D eigenvalue weighted by Gasteiger charge is -2.52. The molecular formula is C22H31NO4. The van der Waals surface area contributed by atoms with Gasteiger partial charge in [0.05, 0.1) is 17.8 Å². The SMILES string of the molecule is CC(C)C(=O)N[C@@]1(C)C[C@H](c2ccccc2C(=O)O)O[C@@H]2C[C@H](C)CC[C@H]21. The van der Waals surface area contributed by atoms with Gasteiger partial charge in [-0.1, -0.05) is 45.4 Å². The van der Waals surface area contributed by atoms with Crippen molar-refractivity contribution >= 4 is 11.9 Å². The Morgan fingerprint density at radius 2 is 1.96 bits per heavy atom. The summed E-state index contributed by atoms with van der Waals surface area (Å²) in [5, 5.41) is 12.9. The summed E-state index contributed by atoms with van der Waals surface area (Å²) < 4.78 is 6.46. The summed E-state index contributed by atoms with van der Waals surface area (Å²) in [7, 11) is 0. The normalized spacial score (nSPS) is 33.4. The van der Waals surface area contributed by atoms with Crippen LogP contribution in [0, 0.1) is 17.8 Å². The Morgan fingerprint density at radius 1 is 1.26 bits per heavy atom. The second-order valence-corrected chi connectivity index (χ2v) is 8.85. The van der Waals surface area contributed by atoms with Gasteiger partial charge in [-0.3, -0.25) is 4.79 Å². The van der Waals surface area contributed by atoms with Gasteiger partial charge in [-0.05, 0) is 37.3 Å². The minimum Gasteiger partial charge on any atom is -0.478 e. The van der Waals surface area contributed by atoms with Crippen LogP contribution in [-0.4, -0.2) is 28.6 Å². The van der Waals surface area contributed by atoms with E-state index in [0.717, 1.165) is 19.3 Å². The monoisotopic (exact) mass is 373 g/mol. The van der Waals surface area contributed by atoms with Crippen molar-refractivity contribution in [2.24, 2.45) is 17.8 Å². The highest BCUT2D eigenvalue weighted by atomic mass is 16.5. The fraction of sp³-hybridized carbons (Fsp3) is 0.636. The molecule has 0 unspecified atom stereocenters. The number of carboxylic acids is 1. The molecule has 1 aromatic rings. The number of rotatable bonds is 4. The highest BCUT2D eigenvalue weighted by molar-refractivity contribution is 5.89. The van der Waals surface area contributed by atoms with Crippen molar-refractivity contribution in [2.45, 2.75) is 71.1 Å². The molecule has 5 atom stereocenters. The molecular weight excluding hydrogens is 342 g/mol. The first kappa shape index (κ1) is 19.9. The maximum absolute atomic E-state index is 12.5. The van der Waals surface area contributed by atoms with Crippen molar-refractivity contribution in [3.63, 3.8) is 0 Å². The fourth-order valence-electron chi connectivity index (χ4n) is 4.73. The van der Waals surface area contributed by atoms with E-state index >= 15 is 0 Å². The molecule has 1 aromatic carbocycles. The van der Waals surface area contributed by atoms with E-state index in [1.54, 1.807) is 12.1 Å². The summed E-state index contributed by atoms with van der Waals surface area (Å²) in [6, 6.07) is 7.05. The molecule has 1 aliphatic heterocycles. The number of nitrogens with one attached hydrogen (secondary N) is 1. The van der Waals surface area contributed by atoms with Crippen molar-refractivity contribution in [2.75, 3.05) is 0 Å². The van der Waals surface area contributed by atoms with Gasteiger partial charge < -0.3 is 15.2 Å². The number of hydrogen-bond acceptors (Lipinski definition) is 3. The Kier molecular flexibility index (Phi) is 5.61. The average molecular weight is 373 g/mol. The first-order valence-electron chi connectivity index (χ1n) is 10.0. The molecule has 5 heteroatoms. The topological polar surface area (TPSA) is 75.6 Å². The fourth-order valence-corrected chi connectivity index (χ4v) is 4.73. The zero-order chi connectivity index (χ0) is 19.8. The first-order valence-corrected chi connectivity index (χ1v) is 10.0. The van der Waals surface area contributed by atoms with Crippen molar-refractivity contribution in [1.82, 2.24) is 5.32 Å². The van der Waals surface area contributed by atoms with Gasteiger partial charge in [-0.15, -0.1) is 0 Å². The lowest BCUT2D eigenvalue weighted by Crippen LogP contribution is -2.61.